The van der Waals surface area contributed by atoms with Gasteiger partial charge in [-0.2, -0.15) is 0 Å². The van der Waals surface area contributed by atoms with Crippen LogP contribution in [0.25, 0.3) is 66.1 Å². The maximum absolute atomic E-state index is 3.66. The van der Waals surface area contributed by atoms with Gasteiger partial charge in [0.1, 0.15) is 0 Å². The van der Waals surface area contributed by atoms with Gasteiger partial charge in [0.2, 0.25) is 0 Å². The van der Waals surface area contributed by atoms with Crippen molar-refractivity contribution in [1.82, 2.24) is 0 Å². The van der Waals surface area contributed by atoms with Crippen molar-refractivity contribution in [3.8, 4) is 44.5 Å². The van der Waals surface area contributed by atoms with E-state index in [0.717, 1.165) is 11.4 Å². The van der Waals surface area contributed by atoms with Crippen LogP contribution in [0.5, 0.6) is 0 Å². The fourth-order valence-electron chi connectivity index (χ4n) is 6.54. The third-order valence-corrected chi connectivity index (χ3v) is 8.64. The maximum Gasteiger partial charge on any atom is 0.0390 e. The van der Waals surface area contributed by atoms with Crippen LogP contribution in [0.1, 0.15) is 0 Å². The zero-order chi connectivity index (χ0) is 30.0. The van der Waals surface area contributed by atoms with Crippen LogP contribution in [0.2, 0.25) is 0 Å². The SMILES string of the molecule is c1ccc(-c2cccc3cccc(-c4ccc(Nc5cccc(-c6cccc7cccc(-c8ccccc8)c67)c5)cc4)c23)cc1. The highest BCUT2D eigenvalue weighted by molar-refractivity contribution is 6.07. The first-order valence-corrected chi connectivity index (χ1v) is 15.4. The van der Waals surface area contributed by atoms with Crippen LogP contribution in [0.3, 0.4) is 0 Å². The zero-order valence-corrected chi connectivity index (χ0v) is 24.8. The Kier molecular flexibility index (Phi) is 6.90. The van der Waals surface area contributed by atoms with Gasteiger partial charge in [0.25, 0.3) is 0 Å². The Balaban J connectivity index is 1.13. The van der Waals surface area contributed by atoms with Crippen LogP contribution >= 0.6 is 0 Å². The maximum atomic E-state index is 3.66. The van der Waals surface area contributed by atoms with Gasteiger partial charge in [-0.25, -0.2) is 0 Å². The molecule has 212 valence electrons. The van der Waals surface area contributed by atoms with Crippen LogP contribution < -0.4 is 5.32 Å². The molecule has 0 saturated carbocycles. The zero-order valence-electron chi connectivity index (χ0n) is 24.8. The number of anilines is 2. The number of hydrogen-bond acceptors (Lipinski definition) is 1. The quantitative estimate of drug-likeness (QED) is 0.209. The molecule has 0 unspecified atom stereocenters. The van der Waals surface area contributed by atoms with Gasteiger partial charge in [-0.15, -0.1) is 0 Å². The fourth-order valence-corrected chi connectivity index (χ4v) is 6.54. The van der Waals surface area contributed by atoms with Crippen LogP contribution in [-0.2, 0) is 0 Å². The summed E-state index contributed by atoms with van der Waals surface area (Å²) in [5, 5.41) is 8.71. The van der Waals surface area contributed by atoms with Crippen molar-refractivity contribution < 1.29 is 0 Å². The summed E-state index contributed by atoms with van der Waals surface area (Å²) in [6.45, 7) is 0. The van der Waals surface area contributed by atoms with Gasteiger partial charge in [-0.05, 0) is 90.3 Å². The molecule has 45 heavy (non-hydrogen) atoms. The van der Waals surface area contributed by atoms with Crippen molar-refractivity contribution in [1.29, 1.82) is 0 Å². The second kappa shape index (κ2) is 11.6. The molecule has 1 heteroatoms. The molecule has 8 rings (SSSR count). The van der Waals surface area contributed by atoms with E-state index in [1.54, 1.807) is 0 Å². The Labute approximate surface area is 264 Å². The van der Waals surface area contributed by atoms with Crippen LogP contribution in [0, 0.1) is 0 Å². The summed E-state index contributed by atoms with van der Waals surface area (Å²) < 4.78 is 0. The van der Waals surface area contributed by atoms with E-state index >= 15 is 0 Å². The largest absolute Gasteiger partial charge is 0.356 e. The van der Waals surface area contributed by atoms with Crippen molar-refractivity contribution in [3.63, 3.8) is 0 Å². The lowest BCUT2D eigenvalue weighted by Gasteiger charge is -2.15. The molecule has 0 bridgehead atoms. The number of hydrogen-bond donors (Lipinski definition) is 1. The summed E-state index contributed by atoms with van der Waals surface area (Å²) in [7, 11) is 0. The summed E-state index contributed by atoms with van der Waals surface area (Å²) in [6, 6.07) is 65.2. The molecule has 8 aromatic rings. The minimum Gasteiger partial charge on any atom is -0.356 e. The average Bonchev–Trinajstić information content (AvgIpc) is 3.12. The van der Waals surface area contributed by atoms with E-state index in [4.69, 9.17) is 0 Å². The van der Waals surface area contributed by atoms with Gasteiger partial charge in [0.15, 0.2) is 0 Å². The van der Waals surface area contributed by atoms with E-state index in [0.29, 0.717) is 0 Å². The van der Waals surface area contributed by atoms with Gasteiger partial charge < -0.3 is 5.32 Å². The van der Waals surface area contributed by atoms with Crippen molar-refractivity contribution in [2.24, 2.45) is 0 Å². The molecule has 0 aromatic heterocycles. The lowest BCUT2D eigenvalue weighted by atomic mass is 9.91. The molecule has 1 N–H and O–H groups in total. The molecule has 0 aliphatic rings. The first-order valence-electron chi connectivity index (χ1n) is 15.4. The number of fused-ring (bicyclic) bond motifs is 2. The Morgan fingerprint density at radius 1 is 0.267 bits per heavy atom. The predicted molar refractivity (Wildman–Crippen MR) is 193 cm³/mol. The Bertz CT molecular complexity index is 2260. The predicted octanol–water partition coefficient (Wildman–Crippen LogP) is 12.4. The molecule has 8 aromatic carbocycles. The normalized spacial score (nSPS) is 11.1. The molecule has 0 saturated heterocycles. The highest BCUT2D eigenvalue weighted by atomic mass is 14.9. The van der Waals surface area contributed by atoms with Gasteiger partial charge in [0.05, 0.1) is 0 Å². The summed E-state index contributed by atoms with van der Waals surface area (Å²) in [5.41, 5.74) is 12.0. The van der Waals surface area contributed by atoms with Crippen molar-refractivity contribution in [3.05, 3.63) is 182 Å². The van der Waals surface area contributed by atoms with Gasteiger partial charge in [-0.3, -0.25) is 0 Å². The lowest BCUT2D eigenvalue weighted by Crippen LogP contribution is -1.92. The number of rotatable bonds is 6. The average molecular weight is 574 g/mol. The van der Waals surface area contributed by atoms with Crippen molar-refractivity contribution in [2.75, 3.05) is 5.32 Å². The summed E-state index contributed by atoms with van der Waals surface area (Å²) in [4.78, 5) is 0. The smallest absolute Gasteiger partial charge is 0.0390 e. The van der Waals surface area contributed by atoms with Gasteiger partial charge in [-0.1, -0.05) is 158 Å². The minimum absolute atomic E-state index is 1.06. The van der Waals surface area contributed by atoms with E-state index in [1.807, 2.05) is 0 Å². The van der Waals surface area contributed by atoms with E-state index in [9.17, 15) is 0 Å². The second-order valence-electron chi connectivity index (χ2n) is 11.4. The topological polar surface area (TPSA) is 12.0 Å². The molecular formula is C44H31N. The molecule has 0 atom stereocenters. The monoisotopic (exact) mass is 573 g/mol. The molecule has 0 fully saturated rings. The standard InChI is InChI=1S/C44H31N/c1-3-12-31(13-4-1)39-22-8-16-34-17-10-24-41(43(34)39)33-26-28-37(29-27-33)45-38-21-7-20-36(30-38)42-25-11-19-35-18-9-23-40(44(35)42)32-14-5-2-6-15-32/h1-30,45H. The third-order valence-electron chi connectivity index (χ3n) is 8.64. The molecule has 1 nitrogen and oxygen atoms in total. The summed E-state index contributed by atoms with van der Waals surface area (Å²) in [6.07, 6.45) is 0. The van der Waals surface area contributed by atoms with Gasteiger partial charge >= 0.3 is 0 Å². The second-order valence-corrected chi connectivity index (χ2v) is 11.4. The Hall–Kier alpha value is -5.92. The molecular weight excluding hydrogens is 542 g/mol. The fraction of sp³-hybridized carbons (Fsp3) is 0. The van der Waals surface area contributed by atoms with E-state index in [-0.39, 0.29) is 0 Å². The van der Waals surface area contributed by atoms with Crippen LogP contribution in [-0.4, -0.2) is 0 Å². The molecule has 0 spiro atoms. The van der Waals surface area contributed by atoms with E-state index < -0.39 is 0 Å². The van der Waals surface area contributed by atoms with Crippen molar-refractivity contribution >= 4 is 32.9 Å². The minimum atomic E-state index is 1.06. The van der Waals surface area contributed by atoms with E-state index in [1.165, 1.54) is 66.1 Å². The summed E-state index contributed by atoms with van der Waals surface area (Å²) >= 11 is 0. The molecule has 0 amide bonds. The Morgan fingerprint density at radius 2 is 0.667 bits per heavy atom. The molecule has 0 radical (unpaired) electrons. The highest BCUT2D eigenvalue weighted by Gasteiger charge is 2.12. The van der Waals surface area contributed by atoms with Crippen molar-refractivity contribution in [2.45, 2.75) is 0 Å². The highest BCUT2D eigenvalue weighted by Crippen LogP contribution is 2.39. The third kappa shape index (κ3) is 5.15. The first-order chi connectivity index (χ1) is 22.3. The van der Waals surface area contributed by atoms with Crippen LogP contribution in [0.4, 0.5) is 11.4 Å². The molecule has 0 heterocycles. The van der Waals surface area contributed by atoms with E-state index in [2.05, 4.69) is 187 Å². The molecule has 0 aliphatic heterocycles. The Morgan fingerprint density at radius 3 is 1.16 bits per heavy atom. The number of benzene rings is 8. The first kappa shape index (κ1) is 26.7. The van der Waals surface area contributed by atoms with Gasteiger partial charge in [0, 0.05) is 11.4 Å². The van der Waals surface area contributed by atoms with Crippen LogP contribution in [0.15, 0.2) is 182 Å². The summed E-state index contributed by atoms with van der Waals surface area (Å²) in [5.74, 6) is 0. The number of nitrogens with one attached hydrogen (secondary N) is 1. The molecule has 0 aliphatic carbocycles. The lowest BCUT2D eigenvalue weighted by molar-refractivity contribution is 1.54.